The molecule has 0 radical (unpaired) electrons. The molecule has 1 nitrogen and oxygen atoms in total. The lowest BCUT2D eigenvalue weighted by molar-refractivity contribution is 0.273. The highest BCUT2D eigenvalue weighted by atomic mass is 29.3. The van der Waals surface area contributed by atoms with Crippen LogP contribution in [0.5, 0.6) is 0 Å². The molecule has 0 aromatic heterocycles. The summed E-state index contributed by atoms with van der Waals surface area (Å²) < 4.78 is 0. The topological polar surface area (TPSA) is 17.1 Å². The van der Waals surface area contributed by atoms with Gasteiger partial charge in [0.25, 0.3) is 0 Å². The van der Waals surface area contributed by atoms with Crippen LogP contribution < -0.4 is 0 Å². The molecule has 0 fully saturated rings. The van der Waals surface area contributed by atoms with Crippen molar-refractivity contribution in [3.8, 4) is 0 Å². The minimum atomic E-state index is -2.33. The van der Waals surface area contributed by atoms with Gasteiger partial charge in [0.15, 0.2) is 15.2 Å². The molecule has 0 saturated heterocycles. The van der Waals surface area contributed by atoms with Crippen molar-refractivity contribution >= 4 is 35.4 Å². The molecular weight excluding hydrogens is 429 g/mol. The van der Waals surface area contributed by atoms with Gasteiger partial charge in [0.05, 0.1) is 15.2 Å². The Morgan fingerprint density at radius 1 is 0.567 bits per heavy atom. The van der Waals surface area contributed by atoms with E-state index < -0.39 is 30.4 Å². The number of allylic oxidation sites excluding steroid dienone is 4. The first-order valence-corrected chi connectivity index (χ1v) is 24.4. The average Bonchev–Trinajstić information content (AvgIpc) is 2.98. The Labute approximate surface area is 191 Å². The lowest BCUT2D eigenvalue weighted by atomic mass is 10.2. The Bertz CT molecular complexity index is 706. The molecule has 0 aromatic carbocycles. The molecule has 172 valence electrons. The predicted octanol–water partition coefficient (Wildman–Crippen LogP) is 8.76. The maximum atomic E-state index is 15.4. The molecule has 2 heterocycles. The van der Waals surface area contributed by atoms with Crippen LogP contribution in [-0.4, -0.2) is 35.4 Å². The maximum Gasteiger partial charge on any atom is 0.170 e. The van der Waals surface area contributed by atoms with E-state index in [1.807, 2.05) is 0 Å². The molecule has 5 heteroatoms. The van der Waals surface area contributed by atoms with Crippen LogP contribution in [0.25, 0.3) is 0 Å². The summed E-state index contributed by atoms with van der Waals surface area (Å²) >= 11 is 0. The molecule has 0 aromatic rings. The van der Waals surface area contributed by atoms with Crippen LogP contribution in [0.3, 0.4) is 0 Å². The Kier molecular flexibility index (Phi) is 6.59. The molecule has 2 rings (SSSR count). The minimum absolute atomic E-state index is 0.246. The van der Waals surface area contributed by atoms with E-state index in [1.54, 1.807) is 20.8 Å². The Hall–Kier alpha value is 0.0175. The summed E-state index contributed by atoms with van der Waals surface area (Å²) in [5.74, 6) is 0. The third kappa shape index (κ3) is 2.64. The molecular formula is C25H50OSi4. The summed E-state index contributed by atoms with van der Waals surface area (Å²) in [6.07, 6.45) is 4.49. The van der Waals surface area contributed by atoms with E-state index in [0.717, 1.165) is 30.7 Å². The standard InChI is InChI=1S/C25H50OSi4/c1-15-19-20(16-2)30(28(13,14)25(8,9)10)22(18-4)21(17-3)29(19,23(30)26)27(11,12)24(5,6)7/h15-18H2,1-14H3. The number of carbonyl (C=O) groups is 1. The third-order valence-corrected chi connectivity index (χ3v) is 54.1. The maximum absolute atomic E-state index is 15.4. The van der Waals surface area contributed by atoms with E-state index >= 15 is 4.79 Å². The minimum Gasteiger partial charge on any atom is -0.310 e. The summed E-state index contributed by atoms with van der Waals surface area (Å²) in [5.41, 5.74) is 0. The van der Waals surface area contributed by atoms with E-state index in [9.17, 15) is 0 Å². The molecule has 0 atom stereocenters. The second-order valence-corrected chi connectivity index (χ2v) is 41.2. The van der Waals surface area contributed by atoms with Crippen LogP contribution in [0.15, 0.2) is 20.8 Å². The van der Waals surface area contributed by atoms with Gasteiger partial charge in [-0.25, -0.2) is 0 Å². The van der Waals surface area contributed by atoms with Crippen molar-refractivity contribution in [3.63, 3.8) is 0 Å². The molecule has 2 aliphatic rings. The van der Waals surface area contributed by atoms with E-state index in [2.05, 4.69) is 95.4 Å². The van der Waals surface area contributed by atoms with Gasteiger partial charge in [-0.3, -0.25) is 0 Å². The van der Waals surface area contributed by atoms with E-state index in [0.29, 0.717) is 0 Å². The van der Waals surface area contributed by atoms with Crippen molar-refractivity contribution < 1.29 is 4.79 Å². The first-order valence-electron chi connectivity index (χ1n) is 12.4. The van der Waals surface area contributed by atoms with Crippen molar-refractivity contribution in [2.45, 2.75) is 131 Å². The molecule has 0 unspecified atom stereocenters. The SMILES string of the molecule is CCC1=C(CC)[Si]2([Si](C)(C)C(C)(C)C)C(=O)[Si]1([Si](C)(C)C(C)(C)C)C(CC)=C2CC. The number of hydrogen-bond donors (Lipinski definition) is 0. The van der Waals surface area contributed by atoms with Crippen LogP contribution >= 0.6 is 0 Å². The number of carbonyl (C=O) groups excluding carboxylic acids is 1. The van der Waals surface area contributed by atoms with E-state index in [4.69, 9.17) is 0 Å². The highest BCUT2D eigenvalue weighted by Gasteiger charge is 2.80. The van der Waals surface area contributed by atoms with Gasteiger partial charge in [-0.1, -0.05) is 116 Å². The molecule has 0 N–H and O–H groups in total. The third-order valence-electron chi connectivity index (χ3n) is 10.3. The molecule has 0 saturated carbocycles. The van der Waals surface area contributed by atoms with Crippen molar-refractivity contribution in [1.82, 2.24) is 0 Å². The second-order valence-electron chi connectivity index (χ2n) is 12.9. The zero-order valence-electron chi connectivity index (χ0n) is 22.7. The summed E-state index contributed by atoms with van der Waals surface area (Å²) in [6.45, 7) is 34.7. The van der Waals surface area contributed by atoms with Gasteiger partial charge in [-0.2, -0.15) is 0 Å². The number of fused-ring (bicyclic) bond motifs is 2. The van der Waals surface area contributed by atoms with Crippen molar-refractivity contribution in [1.29, 1.82) is 0 Å². The fraction of sp³-hybridized carbons (Fsp3) is 0.800. The van der Waals surface area contributed by atoms with Gasteiger partial charge in [0.2, 0.25) is 0 Å². The molecule has 2 aliphatic heterocycles. The molecule has 0 aliphatic carbocycles. The van der Waals surface area contributed by atoms with Gasteiger partial charge in [-0.15, -0.1) is 0 Å². The highest BCUT2D eigenvalue weighted by Crippen LogP contribution is 2.66. The monoisotopic (exact) mass is 478 g/mol. The van der Waals surface area contributed by atoms with Gasteiger partial charge in [0, 0.05) is 0 Å². The van der Waals surface area contributed by atoms with E-state index in [1.165, 1.54) is 0 Å². The average molecular weight is 479 g/mol. The Balaban J connectivity index is 3.21. The Morgan fingerprint density at radius 2 is 0.767 bits per heavy atom. The van der Waals surface area contributed by atoms with Gasteiger partial charge in [0.1, 0.15) is 5.03 Å². The van der Waals surface area contributed by atoms with Crippen LogP contribution in [0, 0.1) is 0 Å². The van der Waals surface area contributed by atoms with Crippen LogP contribution in [0.2, 0.25) is 36.3 Å². The summed E-state index contributed by atoms with van der Waals surface area (Å²) in [4.78, 5) is 15.4. The van der Waals surface area contributed by atoms with Crippen LogP contribution in [-0.2, 0) is 0 Å². The van der Waals surface area contributed by atoms with Crippen LogP contribution in [0.1, 0.15) is 94.9 Å². The lowest BCUT2D eigenvalue weighted by Crippen LogP contribution is -2.74. The molecule has 2 bridgehead atoms. The predicted molar refractivity (Wildman–Crippen MR) is 147 cm³/mol. The second kappa shape index (κ2) is 7.53. The number of hydrogen-bond acceptors (Lipinski definition) is 1. The lowest BCUT2D eigenvalue weighted by Gasteiger charge is -2.51. The molecule has 0 amide bonds. The summed E-state index contributed by atoms with van der Waals surface area (Å²) in [5, 5.41) is 8.43. The van der Waals surface area contributed by atoms with Gasteiger partial charge in [-0.05, 0) is 35.8 Å². The fourth-order valence-electron chi connectivity index (χ4n) is 7.21. The Morgan fingerprint density at radius 3 is 0.900 bits per heavy atom. The molecule has 0 spiro atoms. The largest absolute Gasteiger partial charge is 0.310 e. The van der Waals surface area contributed by atoms with Crippen molar-refractivity contribution in [2.24, 2.45) is 0 Å². The smallest absolute Gasteiger partial charge is 0.170 e. The molecule has 30 heavy (non-hydrogen) atoms. The quantitative estimate of drug-likeness (QED) is 0.348. The number of rotatable bonds is 6. The first-order chi connectivity index (χ1) is 13.4. The normalized spacial score (nSPS) is 28.3. The zero-order chi connectivity index (χ0) is 23.7. The summed E-state index contributed by atoms with van der Waals surface area (Å²) in [7, 11) is -8.43. The van der Waals surface area contributed by atoms with Crippen LogP contribution in [0.4, 0.5) is 4.79 Å². The van der Waals surface area contributed by atoms with Gasteiger partial charge < -0.3 is 4.79 Å². The first kappa shape index (κ1) is 26.3. The van der Waals surface area contributed by atoms with Crippen molar-refractivity contribution in [3.05, 3.63) is 20.8 Å². The zero-order valence-corrected chi connectivity index (χ0v) is 26.7. The van der Waals surface area contributed by atoms with E-state index in [-0.39, 0.29) is 10.1 Å². The summed E-state index contributed by atoms with van der Waals surface area (Å²) in [6, 6.07) is 0. The van der Waals surface area contributed by atoms with Crippen molar-refractivity contribution in [2.75, 3.05) is 0 Å². The highest BCUT2D eigenvalue weighted by molar-refractivity contribution is 7.80. The fourth-order valence-corrected chi connectivity index (χ4v) is 61.2. The van der Waals surface area contributed by atoms with Gasteiger partial charge >= 0.3 is 0 Å².